The lowest BCUT2D eigenvalue weighted by Crippen LogP contribution is -2.35. The highest BCUT2D eigenvalue weighted by atomic mass is 19.3. The fraction of sp³-hybridized carbons (Fsp3) is 0.300. The van der Waals surface area contributed by atoms with Crippen molar-refractivity contribution in [3.63, 3.8) is 0 Å². The zero-order valence-corrected chi connectivity index (χ0v) is 8.25. The first-order valence-electron chi connectivity index (χ1n) is 4.32. The van der Waals surface area contributed by atoms with Crippen molar-refractivity contribution >= 4 is 5.97 Å². The van der Waals surface area contributed by atoms with Gasteiger partial charge in [0.1, 0.15) is 5.82 Å². The lowest BCUT2D eigenvalue weighted by atomic mass is 10.0. The monoisotopic (exact) mass is 234 g/mol. The van der Waals surface area contributed by atoms with Crippen LogP contribution in [0, 0.1) is 12.7 Å². The summed E-state index contributed by atoms with van der Waals surface area (Å²) in [5.41, 5.74) is -0.288. The molecule has 1 unspecified atom stereocenters. The van der Waals surface area contributed by atoms with Crippen molar-refractivity contribution in [1.29, 1.82) is 0 Å². The first kappa shape index (κ1) is 12.5. The number of benzene rings is 1. The summed E-state index contributed by atoms with van der Waals surface area (Å²) in [7, 11) is 0. The third kappa shape index (κ3) is 2.16. The third-order valence-corrected chi connectivity index (χ3v) is 2.13. The second kappa shape index (κ2) is 4.13. The number of aliphatic hydroxyl groups excluding tert-OH is 1. The first-order chi connectivity index (χ1) is 7.26. The highest BCUT2D eigenvalue weighted by Gasteiger charge is 2.47. The van der Waals surface area contributed by atoms with E-state index in [9.17, 15) is 23.1 Å². The molecule has 88 valence electrons. The van der Waals surface area contributed by atoms with Gasteiger partial charge in [-0.15, -0.1) is 0 Å². The van der Waals surface area contributed by atoms with Crippen molar-refractivity contribution in [2.24, 2.45) is 0 Å². The minimum Gasteiger partial charge on any atom is -0.477 e. The number of hydrogen-bond donors (Lipinski definition) is 2. The van der Waals surface area contributed by atoms with Gasteiger partial charge in [0.2, 0.25) is 0 Å². The number of carboxylic acids is 1. The van der Waals surface area contributed by atoms with E-state index in [1.54, 1.807) is 0 Å². The molecule has 0 spiro atoms. The smallest absolute Gasteiger partial charge is 0.377 e. The van der Waals surface area contributed by atoms with Crippen LogP contribution in [-0.4, -0.2) is 22.1 Å². The van der Waals surface area contributed by atoms with E-state index >= 15 is 0 Å². The Labute approximate surface area is 89.1 Å². The molecule has 0 radical (unpaired) electrons. The van der Waals surface area contributed by atoms with Gasteiger partial charge < -0.3 is 10.2 Å². The minimum atomic E-state index is -4.30. The van der Waals surface area contributed by atoms with Gasteiger partial charge in [-0.2, -0.15) is 8.78 Å². The van der Waals surface area contributed by atoms with E-state index in [2.05, 4.69) is 0 Å². The zero-order chi connectivity index (χ0) is 12.5. The highest BCUT2D eigenvalue weighted by Crippen LogP contribution is 2.32. The van der Waals surface area contributed by atoms with Crippen molar-refractivity contribution in [2.75, 3.05) is 0 Å². The highest BCUT2D eigenvalue weighted by molar-refractivity contribution is 5.76. The van der Waals surface area contributed by atoms with Gasteiger partial charge in [-0.3, -0.25) is 0 Å². The molecule has 0 aliphatic carbocycles. The molecule has 0 heterocycles. The van der Waals surface area contributed by atoms with E-state index in [0.29, 0.717) is 0 Å². The zero-order valence-electron chi connectivity index (χ0n) is 8.25. The molecule has 1 aromatic rings. The standard InChI is InChI=1S/C10H9F3O3/c1-5-4-6(2-3-7(5)11)8(14)10(12,13)9(15)16/h2-4,8,14H,1H3,(H,15,16). The number of aliphatic hydroxyl groups is 1. The Morgan fingerprint density at radius 2 is 2.00 bits per heavy atom. The number of halogens is 3. The fourth-order valence-electron chi connectivity index (χ4n) is 1.16. The summed E-state index contributed by atoms with van der Waals surface area (Å²) >= 11 is 0. The summed E-state index contributed by atoms with van der Waals surface area (Å²) in [6.45, 7) is 1.32. The number of aryl methyl sites for hydroxylation is 1. The van der Waals surface area contributed by atoms with Crippen molar-refractivity contribution in [3.05, 3.63) is 35.1 Å². The van der Waals surface area contributed by atoms with Crippen LogP contribution < -0.4 is 0 Å². The van der Waals surface area contributed by atoms with Gasteiger partial charge in [-0.05, 0) is 24.1 Å². The van der Waals surface area contributed by atoms with Crippen LogP contribution in [0.5, 0.6) is 0 Å². The molecule has 16 heavy (non-hydrogen) atoms. The molecule has 0 amide bonds. The van der Waals surface area contributed by atoms with Crippen LogP contribution in [0.2, 0.25) is 0 Å². The fourth-order valence-corrected chi connectivity index (χ4v) is 1.16. The van der Waals surface area contributed by atoms with Crippen LogP contribution in [0.15, 0.2) is 18.2 Å². The number of rotatable bonds is 3. The van der Waals surface area contributed by atoms with Gasteiger partial charge in [0.05, 0.1) is 0 Å². The number of aliphatic carboxylic acids is 1. The molecular formula is C10H9F3O3. The molecule has 6 heteroatoms. The second-order valence-electron chi connectivity index (χ2n) is 3.34. The molecule has 0 saturated heterocycles. The van der Waals surface area contributed by atoms with Gasteiger partial charge >= 0.3 is 11.9 Å². The lowest BCUT2D eigenvalue weighted by molar-refractivity contribution is -0.182. The van der Waals surface area contributed by atoms with E-state index in [1.807, 2.05) is 0 Å². The summed E-state index contributed by atoms with van der Waals surface area (Å²) in [5, 5.41) is 17.4. The van der Waals surface area contributed by atoms with Crippen molar-refractivity contribution in [3.8, 4) is 0 Å². The van der Waals surface area contributed by atoms with Crippen LogP contribution >= 0.6 is 0 Å². The SMILES string of the molecule is Cc1cc(C(O)C(F)(F)C(=O)O)ccc1F. The van der Waals surface area contributed by atoms with Gasteiger partial charge in [-0.25, -0.2) is 9.18 Å². The topological polar surface area (TPSA) is 57.5 Å². The maximum Gasteiger partial charge on any atom is 0.377 e. The molecule has 1 aromatic carbocycles. The quantitative estimate of drug-likeness (QED) is 0.839. The van der Waals surface area contributed by atoms with Gasteiger partial charge in [0.15, 0.2) is 6.10 Å². The van der Waals surface area contributed by atoms with Crippen LogP contribution in [0.3, 0.4) is 0 Å². The summed E-state index contributed by atoms with van der Waals surface area (Å²) in [5.74, 6) is -7.35. The summed E-state index contributed by atoms with van der Waals surface area (Å²) in [6.07, 6.45) is -2.50. The maximum absolute atomic E-state index is 12.9. The number of carbonyl (C=O) groups is 1. The van der Waals surface area contributed by atoms with Crippen LogP contribution in [-0.2, 0) is 4.79 Å². The molecule has 0 aliphatic heterocycles. The summed E-state index contributed by atoms with van der Waals surface area (Å²) < 4.78 is 38.7. The lowest BCUT2D eigenvalue weighted by Gasteiger charge is -2.18. The average molecular weight is 234 g/mol. The first-order valence-corrected chi connectivity index (χ1v) is 4.32. The minimum absolute atomic E-state index is 0.0535. The Kier molecular flexibility index (Phi) is 3.23. The number of hydrogen-bond acceptors (Lipinski definition) is 2. The number of carboxylic acid groups (broad SMARTS) is 1. The normalized spacial score (nSPS) is 13.6. The Morgan fingerprint density at radius 1 is 1.44 bits per heavy atom. The molecule has 1 atom stereocenters. The van der Waals surface area contributed by atoms with Crippen LogP contribution in [0.1, 0.15) is 17.2 Å². The van der Waals surface area contributed by atoms with Crippen LogP contribution in [0.25, 0.3) is 0 Å². The second-order valence-corrected chi connectivity index (χ2v) is 3.34. The molecule has 3 nitrogen and oxygen atoms in total. The van der Waals surface area contributed by atoms with Crippen LogP contribution in [0.4, 0.5) is 13.2 Å². The van der Waals surface area contributed by atoms with E-state index in [-0.39, 0.29) is 11.1 Å². The molecule has 2 N–H and O–H groups in total. The summed E-state index contributed by atoms with van der Waals surface area (Å²) in [6, 6.07) is 2.80. The predicted molar refractivity (Wildman–Crippen MR) is 48.7 cm³/mol. The Balaban J connectivity index is 3.10. The molecule has 0 saturated carbocycles. The Morgan fingerprint density at radius 3 is 2.44 bits per heavy atom. The molecule has 0 aliphatic rings. The van der Waals surface area contributed by atoms with Gasteiger partial charge in [0.25, 0.3) is 0 Å². The Hall–Kier alpha value is -1.56. The van der Waals surface area contributed by atoms with Gasteiger partial charge in [0, 0.05) is 0 Å². The van der Waals surface area contributed by atoms with Gasteiger partial charge in [-0.1, -0.05) is 12.1 Å². The average Bonchev–Trinajstić information content (AvgIpc) is 2.20. The molecule has 1 rings (SSSR count). The Bertz CT molecular complexity index is 418. The van der Waals surface area contributed by atoms with E-state index in [4.69, 9.17) is 5.11 Å². The summed E-state index contributed by atoms with van der Waals surface area (Å²) in [4.78, 5) is 10.2. The van der Waals surface area contributed by atoms with Crippen molar-refractivity contribution in [1.82, 2.24) is 0 Å². The molecule has 0 fully saturated rings. The molecule has 0 aromatic heterocycles. The maximum atomic E-state index is 12.9. The van der Waals surface area contributed by atoms with Crippen molar-refractivity contribution in [2.45, 2.75) is 19.0 Å². The van der Waals surface area contributed by atoms with Crippen molar-refractivity contribution < 1.29 is 28.2 Å². The molecule has 0 bridgehead atoms. The van der Waals surface area contributed by atoms with E-state index in [0.717, 1.165) is 18.2 Å². The predicted octanol–water partition coefficient (Wildman–Crippen LogP) is 1.89. The molecular weight excluding hydrogens is 225 g/mol. The van der Waals surface area contributed by atoms with E-state index < -0.39 is 23.8 Å². The van der Waals surface area contributed by atoms with E-state index in [1.165, 1.54) is 6.92 Å². The number of alkyl halides is 2. The largest absolute Gasteiger partial charge is 0.477 e. The third-order valence-electron chi connectivity index (χ3n) is 2.13.